The van der Waals surface area contributed by atoms with Gasteiger partial charge in [0.2, 0.25) is 5.91 Å². The van der Waals surface area contributed by atoms with Crippen molar-refractivity contribution in [2.24, 2.45) is 5.73 Å². The maximum absolute atomic E-state index is 11.3. The fourth-order valence-corrected chi connectivity index (χ4v) is 2.55. The maximum Gasteiger partial charge on any atom is 0.248 e. The summed E-state index contributed by atoms with van der Waals surface area (Å²) >= 11 is 0. The highest BCUT2D eigenvalue weighted by molar-refractivity contribution is 5.95. The second-order valence-electron chi connectivity index (χ2n) is 5.04. The SMILES string of the molecule is NC(=O)c1ccc(N)c(N2CCCN(CCO)CC2)c1. The van der Waals surface area contributed by atoms with E-state index in [2.05, 4.69) is 9.80 Å². The number of rotatable bonds is 4. The number of anilines is 2. The molecule has 1 fully saturated rings. The lowest BCUT2D eigenvalue weighted by atomic mass is 10.1. The Kier molecular flexibility index (Phi) is 4.81. The second kappa shape index (κ2) is 6.58. The number of nitrogen functional groups attached to an aromatic ring is 1. The van der Waals surface area contributed by atoms with Gasteiger partial charge in [0.05, 0.1) is 18.0 Å². The highest BCUT2D eigenvalue weighted by atomic mass is 16.3. The van der Waals surface area contributed by atoms with Crippen molar-refractivity contribution in [3.8, 4) is 0 Å². The molecule has 0 spiro atoms. The minimum Gasteiger partial charge on any atom is -0.397 e. The number of hydrogen-bond donors (Lipinski definition) is 3. The number of carbonyl (C=O) groups excluding carboxylic acids is 1. The van der Waals surface area contributed by atoms with Crippen molar-refractivity contribution >= 4 is 17.3 Å². The van der Waals surface area contributed by atoms with Gasteiger partial charge in [-0.1, -0.05) is 0 Å². The molecule has 0 aliphatic carbocycles. The minimum atomic E-state index is -0.442. The molecule has 6 heteroatoms. The molecule has 0 unspecified atom stereocenters. The third-order valence-electron chi connectivity index (χ3n) is 3.66. The van der Waals surface area contributed by atoms with E-state index in [1.54, 1.807) is 18.2 Å². The van der Waals surface area contributed by atoms with Gasteiger partial charge in [0.1, 0.15) is 0 Å². The average Bonchev–Trinajstić information content (AvgIpc) is 2.65. The smallest absolute Gasteiger partial charge is 0.248 e. The number of benzene rings is 1. The van der Waals surface area contributed by atoms with E-state index in [1.807, 2.05) is 0 Å². The first-order valence-electron chi connectivity index (χ1n) is 6.89. The zero-order valence-corrected chi connectivity index (χ0v) is 11.6. The van der Waals surface area contributed by atoms with Crippen LogP contribution in [0.15, 0.2) is 18.2 Å². The van der Waals surface area contributed by atoms with Crippen molar-refractivity contribution < 1.29 is 9.90 Å². The molecule has 2 rings (SSSR count). The molecule has 110 valence electrons. The summed E-state index contributed by atoms with van der Waals surface area (Å²) in [4.78, 5) is 15.7. The first-order valence-corrected chi connectivity index (χ1v) is 6.89. The lowest BCUT2D eigenvalue weighted by molar-refractivity contribution is 0.100. The molecular formula is C14H22N4O2. The molecule has 1 amide bonds. The van der Waals surface area contributed by atoms with Crippen LogP contribution < -0.4 is 16.4 Å². The summed E-state index contributed by atoms with van der Waals surface area (Å²) in [6, 6.07) is 5.14. The van der Waals surface area contributed by atoms with Crippen molar-refractivity contribution in [1.29, 1.82) is 0 Å². The Labute approximate surface area is 119 Å². The Morgan fingerprint density at radius 1 is 1.25 bits per heavy atom. The molecule has 0 aromatic heterocycles. The molecule has 1 aliphatic heterocycles. The lowest BCUT2D eigenvalue weighted by Gasteiger charge is -2.25. The Morgan fingerprint density at radius 3 is 2.75 bits per heavy atom. The monoisotopic (exact) mass is 278 g/mol. The standard InChI is InChI=1S/C14H22N4O2/c15-12-3-2-11(14(16)20)10-13(12)18-5-1-4-17(6-7-18)8-9-19/h2-3,10,19H,1,4-9,15H2,(H2,16,20). The topological polar surface area (TPSA) is 95.8 Å². The summed E-state index contributed by atoms with van der Waals surface area (Å²) in [5.41, 5.74) is 13.3. The zero-order valence-electron chi connectivity index (χ0n) is 11.6. The Bertz CT molecular complexity index is 478. The van der Waals surface area contributed by atoms with Crippen molar-refractivity contribution in [3.63, 3.8) is 0 Å². The second-order valence-corrected chi connectivity index (χ2v) is 5.04. The summed E-state index contributed by atoms with van der Waals surface area (Å²) in [5, 5.41) is 9.01. The van der Waals surface area contributed by atoms with Gasteiger partial charge in [0.15, 0.2) is 0 Å². The van der Waals surface area contributed by atoms with Gasteiger partial charge in [-0.15, -0.1) is 0 Å². The summed E-state index contributed by atoms with van der Waals surface area (Å²) in [6.07, 6.45) is 1.00. The number of nitrogens with zero attached hydrogens (tertiary/aromatic N) is 2. The van der Waals surface area contributed by atoms with Crippen LogP contribution >= 0.6 is 0 Å². The number of aliphatic hydroxyl groups is 1. The summed E-state index contributed by atoms with van der Waals surface area (Å²) < 4.78 is 0. The highest BCUT2D eigenvalue weighted by Gasteiger charge is 2.17. The Balaban J connectivity index is 2.14. The summed E-state index contributed by atoms with van der Waals surface area (Å²) in [5.74, 6) is -0.442. The molecule has 1 aromatic rings. The van der Waals surface area contributed by atoms with Crippen LogP contribution in [-0.4, -0.2) is 55.2 Å². The lowest BCUT2D eigenvalue weighted by Crippen LogP contribution is -2.32. The van der Waals surface area contributed by atoms with Crippen molar-refractivity contribution in [2.45, 2.75) is 6.42 Å². The van der Waals surface area contributed by atoms with E-state index in [1.165, 1.54) is 0 Å². The van der Waals surface area contributed by atoms with Gasteiger partial charge in [-0.2, -0.15) is 0 Å². The van der Waals surface area contributed by atoms with Crippen LogP contribution in [0.25, 0.3) is 0 Å². The zero-order chi connectivity index (χ0) is 14.5. The van der Waals surface area contributed by atoms with E-state index in [0.717, 1.165) is 38.3 Å². The molecule has 0 radical (unpaired) electrons. The van der Waals surface area contributed by atoms with Crippen LogP contribution in [-0.2, 0) is 0 Å². The van der Waals surface area contributed by atoms with Crippen LogP contribution in [0.1, 0.15) is 16.8 Å². The van der Waals surface area contributed by atoms with Crippen LogP contribution in [0.4, 0.5) is 11.4 Å². The molecule has 1 heterocycles. The third kappa shape index (κ3) is 3.40. The number of primary amides is 1. The fraction of sp³-hybridized carbons (Fsp3) is 0.500. The van der Waals surface area contributed by atoms with Gasteiger partial charge < -0.3 is 21.5 Å². The molecule has 0 atom stereocenters. The van der Waals surface area contributed by atoms with E-state index in [9.17, 15) is 4.79 Å². The first kappa shape index (κ1) is 14.6. The quantitative estimate of drug-likeness (QED) is 0.667. The average molecular weight is 278 g/mol. The first-order chi connectivity index (χ1) is 9.61. The number of nitrogens with two attached hydrogens (primary N) is 2. The van der Waals surface area contributed by atoms with Gasteiger partial charge in [-0.3, -0.25) is 9.69 Å². The Hall–Kier alpha value is -1.79. The predicted molar refractivity (Wildman–Crippen MR) is 79.7 cm³/mol. The van der Waals surface area contributed by atoms with Crippen molar-refractivity contribution in [3.05, 3.63) is 23.8 Å². The molecule has 1 saturated heterocycles. The van der Waals surface area contributed by atoms with Gasteiger partial charge >= 0.3 is 0 Å². The number of carbonyl (C=O) groups is 1. The molecule has 0 bridgehead atoms. The van der Waals surface area contributed by atoms with E-state index in [0.29, 0.717) is 17.8 Å². The van der Waals surface area contributed by atoms with E-state index in [4.69, 9.17) is 16.6 Å². The maximum atomic E-state index is 11.3. The van der Waals surface area contributed by atoms with Crippen LogP contribution in [0.2, 0.25) is 0 Å². The predicted octanol–water partition coefficient (Wildman–Crippen LogP) is -0.128. The molecular weight excluding hydrogens is 256 g/mol. The summed E-state index contributed by atoms with van der Waals surface area (Å²) in [7, 11) is 0. The van der Waals surface area contributed by atoms with Gasteiger partial charge in [-0.25, -0.2) is 0 Å². The van der Waals surface area contributed by atoms with Crippen molar-refractivity contribution in [1.82, 2.24) is 4.90 Å². The highest BCUT2D eigenvalue weighted by Crippen LogP contribution is 2.25. The molecule has 0 saturated carbocycles. The van der Waals surface area contributed by atoms with Crippen LogP contribution in [0.5, 0.6) is 0 Å². The largest absolute Gasteiger partial charge is 0.397 e. The van der Waals surface area contributed by atoms with Crippen LogP contribution in [0.3, 0.4) is 0 Å². The molecule has 1 aliphatic rings. The number of β-amino-alcohol motifs (C(OH)–C–C–N with tert-alkyl or cyclic N) is 1. The van der Waals surface area contributed by atoms with E-state index >= 15 is 0 Å². The summed E-state index contributed by atoms with van der Waals surface area (Å²) in [6.45, 7) is 4.43. The fourth-order valence-electron chi connectivity index (χ4n) is 2.55. The third-order valence-corrected chi connectivity index (χ3v) is 3.66. The van der Waals surface area contributed by atoms with Gasteiger partial charge in [-0.05, 0) is 31.2 Å². The van der Waals surface area contributed by atoms with Crippen molar-refractivity contribution in [2.75, 3.05) is 50.0 Å². The van der Waals surface area contributed by atoms with Gasteiger partial charge in [0.25, 0.3) is 0 Å². The Morgan fingerprint density at radius 2 is 2.05 bits per heavy atom. The van der Waals surface area contributed by atoms with Crippen LogP contribution in [0, 0.1) is 0 Å². The normalized spacial score (nSPS) is 16.9. The minimum absolute atomic E-state index is 0.180. The molecule has 20 heavy (non-hydrogen) atoms. The van der Waals surface area contributed by atoms with Gasteiger partial charge in [0, 0.05) is 31.7 Å². The van der Waals surface area contributed by atoms with E-state index in [-0.39, 0.29) is 6.61 Å². The number of amides is 1. The number of aliphatic hydroxyl groups excluding tert-OH is 1. The molecule has 6 nitrogen and oxygen atoms in total. The molecule has 5 N–H and O–H groups in total. The molecule has 1 aromatic carbocycles. The number of hydrogen-bond acceptors (Lipinski definition) is 5. The van der Waals surface area contributed by atoms with E-state index < -0.39 is 5.91 Å².